The number of hydrogen-bond acceptors (Lipinski definition) is 2. The quantitative estimate of drug-likeness (QED) is 0.847. The molecule has 5 heteroatoms. The highest BCUT2D eigenvalue weighted by Crippen LogP contribution is 2.24. The van der Waals surface area contributed by atoms with Crippen LogP contribution in [0.2, 0.25) is 0 Å². The Hall–Kier alpha value is -1.62. The molecule has 1 aliphatic heterocycles. The lowest BCUT2D eigenvalue weighted by Gasteiger charge is -2.26. The first-order valence-electron chi connectivity index (χ1n) is 6.68. The summed E-state index contributed by atoms with van der Waals surface area (Å²) in [6.07, 6.45) is 2.91. The van der Waals surface area contributed by atoms with Crippen LogP contribution in [0.15, 0.2) is 34.9 Å². The van der Waals surface area contributed by atoms with Gasteiger partial charge in [0.2, 0.25) is 5.91 Å². The second-order valence-electron chi connectivity index (χ2n) is 5.04. The van der Waals surface area contributed by atoms with Crippen LogP contribution in [0.3, 0.4) is 0 Å². The van der Waals surface area contributed by atoms with E-state index in [1.165, 1.54) is 0 Å². The molecular weight excluding hydrogens is 320 g/mol. The molecule has 0 aliphatic carbocycles. The zero-order valence-electron chi connectivity index (χ0n) is 11.0. The lowest BCUT2D eigenvalue weighted by atomic mass is 10.1. The van der Waals surface area contributed by atoms with E-state index >= 15 is 0 Å². The number of halogens is 1. The minimum absolute atomic E-state index is 0.0787. The molecule has 0 radical (unpaired) electrons. The molecule has 4 nitrogen and oxygen atoms in total. The second-order valence-corrected chi connectivity index (χ2v) is 5.89. The van der Waals surface area contributed by atoms with Crippen LogP contribution in [-0.2, 0) is 16.1 Å². The molecule has 1 saturated heterocycles. The molecule has 1 aliphatic rings. The molecule has 0 saturated carbocycles. The van der Waals surface area contributed by atoms with Gasteiger partial charge in [-0.3, -0.25) is 9.59 Å². The maximum atomic E-state index is 12.3. The van der Waals surface area contributed by atoms with Gasteiger partial charge >= 0.3 is 0 Å². The van der Waals surface area contributed by atoms with Crippen molar-refractivity contribution in [3.05, 3.63) is 34.9 Å². The predicted octanol–water partition coefficient (Wildman–Crippen LogP) is 2.60. The summed E-state index contributed by atoms with van der Waals surface area (Å²) >= 11 is 3.51. The fourth-order valence-corrected chi connectivity index (χ4v) is 3.06. The highest BCUT2D eigenvalue weighted by Gasteiger charge is 2.21. The molecule has 20 heavy (non-hydrogen) atoms. The Morgan fingerprint density at radius 2 is 1.95 bits per heavy atom. The Morgan fingerprint density at radius 1 is 1.20 bits per heavy atom. The average Bonchev–Trinajstić information content (AvgIpc) is 2.84. The topological polar surface area (TPSA) is 42.3 Å². The van der Waals surface area contributed by atoms with Crippen LogP contribution in [0.4, 0.5) is 0 Å². The highest BCUT2D eigenvalue weighted by molar-refractivity contribution is 9.10. The lowest BCUT2D eigenvalue weighted by Crippen LogP contribution is -2.40. The standard InChI is InChI=1S/C15H15BrN2O2/c16-13-2-1-3-14-12(13)6-9-18(14)10-15(20)17-7-4-11(19)5-8-17/h1-3,6,9H,4-5,7-8,10H2. The fraction of sp³-hybridized carbons (Fsp3) is 0.333. The Labute approximate surface area is 125 Å². The van der Waals surface area contributed by atoms with E-state index in [-0.39, 0.29) is 11.7 Å². The van der Waals surface area contributed by atoms with Crippen LogP contribution in [0.5, 0.6) is 0 Å². The SMILES string of the molecule is O=C1CCN(C(=O)Cn2ccc3c(Br)cccc32)CC1. The van der Waals surface area contributed by atoms with E-state index in [0.717, 1.165) is 15.4 Å². The number of ketones is 1. The molecule has 1 aromatic heterocycles. The minimum atomic E-state index is 0.0787. The number of carbonyl (C=O) groups excluding carboxylic acids is 2. The predicted molar refractivity (Wildman–Crippen MR) is 80.5 cm³/mol. The summed E-state index contributed by atoms with van der Waals surface area (Å²) in [5, 5.41) is 1.11. The average molecular weight is 335 g/mol. The molecule has 0 atom stereocenters. The Kier molecular flexibility index (Phi) is 3.61. The molecule has 0 spiro atoms. The monoisotopic (exact) mass is 334 g/mol. The smallest absolute Gasteiger partial charge is 0.242 e. The number of aromatic nitrogens is 1. The first-order valence-corrected chi connectivity index (χ1v) is 7.47. The van der Waals surface area contributed by atoms with E-state index in [1.54, 1.807) is 4.90 Å². The summed E-state index contributed by atoms with van der Waals surface area (Å²) in [5.74, 6) is 0.333. The Balaban J connectivity index is 1.78. The van der Waals surface area contributed by atoms with Gasteiger partial charge in [0.05, 0.1) is 0 Å². The summed E-state index contributed by atoms with van der Waals surface area (Å²) in [5.41, 5.74) is 1.04. The van der Waals surface area contributed by atoms with Gasteiger partial charge in [-0.2, -0.15) is 0 Å². The number of nitrogens with zero attached hydrogens (tertiary/aromatic N) is 2. The third kappa shape index (κ3) is 2.50. The Morgan fingerprint density at radius 3 is 2.70 bits per heavy atom. The van der Waals surface area contributed by atoms with Crippen molar-refractivity contribution in [2.45, 2.75) is 19.4 Å². The number of fused-ring (bicyclic) bond motifs is 1. The first kappa shape index (κ1) is 13.4. The summed E-state index contributed by atoms with van der Waals surface area (Å²) in [4.78, 5) is 25.3. The van der Waals surface area contributed by atoms with Gasteiger partial charge in [0.1, 0.15) is 12.3 Å². The number of carbonyl (C=O) groups is 2. The van der Waals surface area contributed by atoms with Crippen LogP contribution in [0, 0.1) is 0 Å². The summed E-state index contributed by atoms with van der Waals surface area (Å²) < 4.78 is 2.99. The fourth-order valence-electron chi connectivity index (χ4n) is 2.58. The number of amides is 1. The number of rotatable bonds is 2. The third-order valence-electron chi connectivity index (χ3n) is 3.74. The Bertz CT molecular complexity index is 668. The largest absolute Gasteiger partial charge is 0.340 e. The van der Waals surface area contributed by atoms with E-state index in [1.807, 2.05) is 35.0 Å². The van der Waals surface area contributed by atoms with Gasteiger partial charge in [0, 0.05) is 47.5 Å². The maximum absolute atomic E-state index is 12.3. The lowest BCUT2D eigenvalue weighted by molar-refractivity contribution is -0.135. The molecule has 0 unspecified atom stereocenters. The molecule has 0 bridgehead atoms. The van der Waals surface area contributed by atoms with Gasteiger partial charge in [-0.15, -0.1) is 0 Å². The summed E-state index contributed by atoms with van der Waals surface area (Å²) in [6.45, 7) is 1.44. The van der Waals surface area contributed by atoms with E-state index < -0.39 is 0 Å². The summed E-state index contributed by atoms with van der Waals surface area (Å²) in [6, 6.07) is 7.97. The third-order valence-corrected chi connectivity index (χ3v) is 4.43. The van der Waals surface area contributed by atoms with Crippen molar-refractivity contribution in [3.63, 3.8) is 0 Å². The van der Waals surface area contributed by atoms with Gasteiger partial charge in [-0.05, 0) is 18.2 Å². The van der Waals surface area contributed by atoms with Crippen molar-refractivity contribution < 1.29 is 9.59 Å². The van der Waals surface area contributed by atoms with Gasteiger partial charge in [0.25, 0.3) is 0 Å². The van der Waals surface area contributed by atoms with Gasteiger partial charge in [-0.1, -0.05) is 22.0 Å². The zero-order valence-corrected chi connectivity index (χ0v) is 12.6. The molecule has 3 rings (SSSR count). The molecule has 1 fully saturated rings. The van der Waals surface area contributed by atoms with E-state index in [2.05, 4.69) is 15.9 Å². The number of piperidine rings is 1. The molecule has 0 N–H and O–H groups in total. The maximum Gasteiger partial charge on any atom is 0.242 e. The van der Waals surface area contributed by atoms with Crippen LogP contribution >= 0.6 is 15.9 Å². The number of hydrogen-bond donors (Lipinski definition) is 0. The van der Waals surface area contributed by atoms with Crippen molar-refractivity contribution in [3.8, 4) is 0 Å². The van der Waals surface area contributed by atoms with Crippen molar-refractivity contribution in [1.29, 1.82) is 0 Å². The van der Waals surface area contributed by atoms with Crippen molar-refractivity contribution in [2.24, 2.45) is 0 Å². The van der Waals surface area contributed by atoms with Crippen molar-refractivity contribution in [1.82, 2.24) is 9.47 Å². The molecule has 2 aromatic rings. The van der Waals surface area contributed by atoms with Crippen molar-refractivity contribution >= 4 is 38.5 Å². The van der Waals surface area contributed by atoms with Crippen molar-refractivity contribution in [2.75, 3.05) is 13.1 Å². The van der Waals surface area contributed by atoms with Crippen LogP contribution in [0.25, 0.3) is 10.9 Å². The number of Topliss-reactive ketones (excluding diaryl/α,β-unsaturated/α-hetero) is 1. The van der Waals surface area contributed by atoms with E-state index in [0.29, 0.717) is 32.5 Å². The molecular formula is C15H15BrN2O2. The van der Waals surface area contributed by atoms with Gasteiger partial charge in [0.15, 0.2) is 0 Å². The van der Waals surface area contributed by atoms with Gasteiger partial charge < -0.3 is 9.47 Å². The minimum Gasteiger partial charge on any atom is -0.340 e. The normalized spacial score (nSPS) is 15.8. The van der Waals surface area contributed by atoms with E-state index in [9.17, 15) is 9.59 Å². The molecule has 2 heterocycles. The highest BCUT2D eigenvalue weighted by atomic mass is 79.9. The van der Waals surface area contributed by atoms with Crippen LogP contribution in [0.1, 0.15) is 12.8 Å². The molecule has 1 aromatic carbocycles. The van der Waals surface area contributed by atoms with Crippen LogP contribution in [-0.4, -0.2) is 34.2 Å². The zero-order chi connectivity index (χ0) is 14.1. The number of likely N-dealkylation sites (tertiary alicyclic amines) is 1. The van der Waals surface area contributed by atoms with Crippen LogP contribution < -0.4 is 0 Å². The van der Waals surface area contributed by atoms with Gasteiger partial charge in [-0.25, -0.2) is 0 Å². The first-order chi connectivity index (χ1) is 9.65. The number of benzene rings is 1. The second kappa shape index (κ2) is 5.40. The molecule has 104 valence electrons. The molecule has 1 amide bonds. The van der Waals surface area contributed by atoms with E-state index in [4.69, 9.17) is 0 Å². The summed E-state index contributed by atoms with van der Waals surface area (Å²) in [7, 11) is 0.